The molecule has 0 aromatic heterocycles. The fourth-order valence-electron chi connectivity index (χ4n) is 3.31. The number of benzene rings is 2. The number of carbonyl (C=O) groups excluding carboxylic acids is 1. The lowest BCUT2D eigenvalue weighted by atomic mass is 10.1. The Hall–Kier alpha value is -2.54. The van der Waals surface area contributed by atoms with Crippen LogP contribution in [0.3, 0.4) is 0 Å². The standard InChI is InChI=1S/C24H34N2O4S/c1-19(2)30-23-13-6-10-21(18-23)11-7-15-25-24(27)14-8-16-26(31(4,28)29)22-12-5-9-20(3)17-22/h5-6,9-10,12-13,17-19H,7-8,11,14-16H2,1-4H3,(H,25,27). The number of rotatable bonds is 12. The number of sulfonamides is 1. The molecule has 7 heteroatoms. The van der Waals surface area contributed by atoms with Gasteiger partial charge in [-0.25, -0.2) is 8.42 Å². The highest BCUT2D eigenvalue weighted by molar-refractivity contribution is 7.92. The molecule has 1 amide bonds. The number of nitrogens with zero attached hydrogens (tertiary/aromatic N) is 1. The van der Waals surface area contributed by atoms with Gasteiger partial charge in [0.15, 0.2) is 0 Å². The van der Waals surface area contributed by atoms with E-state index < -0.39 is 10.0 Å². The number of aryl methyl sites for hydroxylation is 2. The van der Waals surface area contributed by atoms with Crippen LogP contribution < -0.4 is 14.4 Å². The van der Waals surface area contributed by atoms with Crippen LogP contribution in [0.5, 0.6) is 5.75 Å². The van der Waals surface area contributed by atoms with Gasteiger partial charge in [-0.2, -0.15) is 0 Å². The number of nitrogens with one attached hydrogen (secondary N) is 1. The van der Waals surface area contributed by atoms with Crippen molar-refractivity contribution in [1.82, 2.24) is 5.32 Å². The molecule has 0 aliphatic heterocycles. The van der Waals surface area contributed by atoms with Gasteiger partial charge in [-0.05, 0) is 75.4 Å². The van der Waals surface area contributed by atoms with E-state index in [-0.39, 0.29) is 25.0 Å². The molecule has 0 bridgehead atoms. The third kappa shape index (κ3) is 9.00. The highest BCUT2D eigenvalue weighted by Gasteiger charge is 2.17. The first-order valence-electron chi connectivity index (χ1n) is 10.7. The Balaban J connectivity index is 1.74. The number of ether oxygens (including phenoxy) is 1. The van der Waals surface area contributed by atoms with E-state index in [1.165, 1.54) is 16.1 Å². The Morgan fingerprint density at radius 1 is 1.10 bits per heavy atom. The van der Waals surface area contributed by atoms with Crippen molar-refractivity contribution in [3.63, 3.8) is 0 Å². The first-order valence-corrected chi connectivity index (χ1v) is 12.6. The lowest BCUT2D eigenvalue weighted by Crippen LogP contribution is -2.32. The fraction of sp³-hybridized carbons (Fsp3) is 0.458. The molecule has 0 aliphatic rings. The van der Waals surface area contributed by atoms with Gasteiger partial charge in [-0.3, -0.25) is 9.10 Å². The van der Waals surface area contributed by atoms with E-state index in [0.717, 1.165) is 24.2 Å². The summed E-state index contributed by atoms with van der Waals surface area (Å²) >= 11 is 0. The maximum absolute atomic E-state index is 12.2. The Bertz CT molecular complexity index is 958. The first-order chi connectivity index (χ1) is 14.6. The van der Waals surface area contributed by atoms with Crippen molar-refractivity contribution in [2.24, 2.45) is 0 Å². The Labute approximate surface area is 186 Å². The number of hydrogen-bond donors (Lipinski definition) is 1. The van der Waals surface area contributed by atoms with Gasteiger partial charge in [0.2, 0.25) is 15.9 Å². The van der Waals surface area contributed by atoms with E-state index in [4.69, 9.17) is 4.74 Å². The lowest BCUT2D eigenvalue weighted by molar-refractivity contribution is -0.121. The Morgan fingerprint density at radius 2 is 1.84 bits per heavy atom. The van der Waals surface area contributed by atoms with Crippen LogP contribution in [0.15, 0.2) is 48.5 Å². The molecular weight excluding hydrogens is 412 g/mol. The van der Waals surface area contributed by atoms with Crippen LogP contribution >= 0.6 is 0 Å². The smallest absolute Gasteiger partial charge is 0.232 e. The predicted octanol–water partition coefficient (Wildman–Crippen LogP) is 4.08. The predicted molar refractivity (Wildman–Crippen MR) is 126 cm³/mol. The zero-order valence-electron chi connectivity index (χ0n) is 18.9. The van der Waals surface area contributed by atoms with Gasteiger partial charge in [0, 0.05) is 19.5 Å². The summed E-state index contributed by atoms with van der Waals surface area (Å²) in [5, 5.41) is 2.92. The van der Waals surface area contributed by atoms with Crippen molar-refractivity contribution >= 4 is 21.6 Å². The second kappa shape index (κ2) is 11.7. The van der Waals surface area contributed by atoms with Crippen LogP contribution in [0.25, 0.3) is 0 Å². The van der Waals surface area contributed by atoms with E-state index in [1.54, 1.807) is 6.07 Å². The summed E-state index contributed by atoms with van der Waals surface area (Å²) in [7, 11) is -3.40. The van der Waals surface area contributed by atoms with Crippen molar-refractivity contribution in [3.05, 3.63) is 59.7 Å². The second-order valence-electron chi connectivity index (χ2n) is 8.05. The summed E-state index contributed by atoms with van der Waals surface area (Å²) in [5.41, 5.74) is 2.80. The van der Waals surface area contributed by atoms with Gasteiger partial charge in [-0.1, -0.05) is 24.3 Å². The number of amides is 1. The Kier molecular flexibility index (Phi) is 9.37. The minimum Gasteiger partial charge on any atom is -0.491 e. The highest BCUT2D eigenvalue weighted by Crippen LogP contribution is 2.19. The van der Waals surface area contributed by atoms with Crippen molar-refractivity contribution in [2.45, 2.75) is 52.6 Å². The monoisotopic (exact) mass is 446 g/mol. The third-order valence-electron chi connectivity index (χ3n) is 4.69. The summed E-state index contributed by atoms with van der Waals surface area (Å²) in [6, 6.07) is 15.4. The topological polar surface area (TPSA) is 75.7 Å². The van der Waals surface area contributed by atoms with Crippen LogP contribution in [-0.4, -0.2) is 39.8 Å². The molecule has 0 saturated heterocycles. The van der Waals surface area contributed by atoms with Crippen molar-refractivity contribution in [3.8, 4) is 5.75 Å². The summed E-state index contributed by atoms with van der Waals surface area (Å²) in [6.45, 7) is 6.78. The summed E-state index contributed by atoms with van der Waals surface area (Å²) in [5.74, 6) is 0.801. The second-order valence-corrected chi connectivity index (χ2v) is 9.95. The summed E-state index contributed by atoms with van der Waals surface area (Å²) in [6.07, 6.45) is 3.76. The number of anilines is 1. The van der Waals surface area contributed by atoms with Crippen LogP contribution in [0.2, 0.25) is 0 Å². The molecule has 0 heterocycles. The average Bonchev–Trinajstić information content (AvgIpc) is 2.67. The molecule has 6 nitrogen and oxygen atoms in total. The minimum absolute atomic E-state index is 0.0606. The molecule has 0 spiro atoms. The summed E-state index contributed by atoms with van der Waals surface area (Å²) < 4.78 is 31.4. The van der Waals surface area contributed by atoms with Crippen LogP contribution in [-0.2, 0) is 21.2 Å². The molecule has 2 rings (SSSR count). The lowest BCUT2D eigenvalue weighted by Gasteiger charge is -2.22. The minimum atomic E-state index is -3.40. The zero-order chi connectivity index (χ0) is 22.9. The number of hydrogen-bond acceptors (Lipinski definition) is 4. The largest absolute Gasteiger partial charge is 0.491 e. The van der Waals surface area contributed by atoms with Gasteiger partial charge in [0.25, 0.3) is 0 Å². The van der Waals surface area contributed by atoms with Gasteiger partial charge in [0.1, 0.15) is 5.75 Å². The van der Waals surface area contributed by atoms with Crippen molar-refractivity contribution in [1.29, 1.82) is 0 Å². The molecule has 170 valence electrons. The average molecular weight is 447 g/mol. The van der Waals surface area contributed by atoms with Gasteiger partial charge in [0.05, 0.1) is 18.0 Å². The normalized spacial score (nSPS) is 11.4. The molecule has 0 radical (unpaired) electrons. The van der Waals surface area contributed by atoms with Crippen molar-refractivity contribution < 1.29 is 17.9 Å². The van der Waals surface area contributed by atoms with E-state index in [2.05, 4.69) is 11.4 Å². The van der Waals surface area contributed by atoms with Crippen LogP contribution in [0.4, 0.5) is 5.69 Å². The quantitative estimate of drug-likeness (QED) is 0.499. The van der Waals surface area contributed by atoms with Crippen molar-refractivity contribution in [2.75, 3.05) is 23.7 Å². The number of carbonyl (C=O) groups is 1. The molecule has 1 N–H and O–H groups in total. The molecule has 0 saturated carbocycles. The van der Waals surface area contributed by atoms with Gasteiger partial charge < -0.3 is 10.1 Å². The molecule has 0 unspecified atom stereocenters. The molecule has 0 aliphatic carbocycles. The zero-order valence-corrected chi connectivity index (χ0v) is 19.7. The SMILES string of the molecule is Cc1cccc(N(CCCC(=O)NCCCc2cccc(OC(C)C)c2)S(C)(=O)=O)c1. The maximum Gasteiger partial charge on any atom is 0.232 e. The van der Waals surface area contributed by atoms with E-state index in [1.807, 2.05) is 57.2 Å². The highest BCUT2D eigenvalue weighted by atomic mass is 32.2. The summed E-state index contributed by atoms with van der Waals surface area (Å²) in [4.78, 5) is 12.2. The molecule has 31 heavy (non-hydrogen) atoms. The molecule has 0 fully saturated rings. The van der Waals surface area contributed by atoms with E-state index >= 15 is 0 Å². The molecular formula is C24H34N2O4S. The molecule has 0 atom stereocenters. The molecule has 2 aromatic rings. The van der Waals surface area contributed by atoms with Crippen LogP contribution in [0, 0.1) is 6.92 Å². The van der Waals surface area contributed by atoms with E-state index in [0.29, 0.717) is 18.7 Å². The molecule has 2 aromatic carbocycles. The van der Waals surface area contributed by atoms with Gasteiger partial charge >= 0.3 is 0 Å². The van der Waals surface area contributed by atoms with E-state index in [9.17, 15) is 13.2 Å². The first kappa shape index (κ1) is 24.7. The third-order valence-corrected chi connectivity index (χ3v) is 5.88. The van der Waals surface area contributed by atoms with Crippen LogP contribution in [0.1, 0.15) is 44.2 Å². The fourth-order valence-corrected chi connectivity index (χ4v) is 4.27. The van der Waals surface area contributed by atoms with Gasteiger partial charge in [-0.15, -0.1) is 0 Å². The maximum atomic E-state index is 12.2. The Morgan fingerprint density at radius 3 is 2.52 bits per heavy atom.